The van der Waals surface area contributed by atoms with Gasteiger partial charge in [-0.05, 0) is 32.0 Å². The fourth-order valence-electron chi connectivity index (χ4n) is 1.76. The van der Waals surface area contributed by atoms with Crippen LogP contribution in [-0.2, 0) is 0 Å². The summed E-state index contributed by atoms with van der Waals surface area (Å²) in [5.74, 6) is -1.10. The Morgan fingerprint density at radius 1 is 1.29 bits per heavy atom. The zero-order valence-corrected chi connectivity index (χ0v) is 12.1. The number of hydrogen-bond acceptors (Lipinski definition) is 3. The zero-order valence-electron chi connectivity index (χ0n) is 11.3. The molecule has 1 aromatic heterocycles. The van der Waals surface area contributed by atoms with Gasteiger partial charge in [-0.25, -0.2) is 9.59 Å². The van der Waals surface area contributed by atoms with Gasteiger partial charge >= 0.3 is 12.0 Å². The second-order valence-corrected chi connectivity index (χ2v) is 4.80. The summed E-state index contributed by atoms with van der Waals surface area (Å²) in [6, 6.07) is 3.53. The highest BCUT2D eigenvalue weighted by molar-refractivity contribution is 6.34. The Morgan fingerprint density at radius 2 is 2.00 bits per heavy atom. The normalized spacial score (nSPS) is 10.2. The summed E-state index contributed by atoms with van der Waals surface area (Å²) in [6.45, 7) is 3.52. The lowest BCUT2D eigenvalue weighted by Crippen LogP contribution is -2.20. The van der Waals surface area contributed by atoms with Crippen molar-refractivity contribution in [2.75, 3.05) is 10.6 Å². The van der Waals surface area contributed by atoms with Crippen LogP contribution in [0.15, 0.2) is 18.2 Å². The Labute approximate surface area is 125 Å². The van der Waals surface area contributed by atoms with Crippen molar-refractivity contribution < 1.29 is 14.7 Å². The summed E-state index contributed by atoms with van der Waals surface area (Å²) in [6.07, 6.45) is 0. The van der Waals surface area contributed by atoms with Crippen LogP contribution in [0.2, 0.25) is 5.02 Å². The molecule has 0 unspecified atom stereocenters. The van der Waals surface area contributed by atoms with E-state index >= 15 is 0 Å². The van der Waals surface area contributed by atoms with Gasteiger partial charge in [-0.15, -0.1) is 0 Å². The van der Waals surface area contributed by atoms with E-state index in [4.69, 9.17) is 16.7 Å². The molecule has 0 spiro atoms. The van der Waals surface area contributed by atoms with E-state index in [0.29, 0.717) is 17.1 Å². The number of carbonyl (C=O) groups excluding carboxylic acids is 1. The number of nitrogens with one attached hydrogen (secondary N) is 3. The van der Waals surface area contributed by atoms with Crippen LogP contribution in [-0.4, -0.2) is 27.3 Å². The molecule has 0 fully saturated rings. The molecule has 1 aromatic carbocycles. The lowest BCUT2D eigenvalue weighted by molar-refractivity contribution is 0.0697. The first kappa shape index (κ1) is 14.9. The van der Waals surface area contributed by atoms with Gasteiger partial charge in [0.1, 0.15) is 0 Å². The highest BCUT2D eigenvalue weighted by Crippen LogP contribution is 2.24. The van der Waals surface area contributed by atoms with E-state index in [1.165, 1.54) is 18.2 Å². The minimum absolute atomic E-state index is 0.0328. The smallest absolute Gasteiger partial charge is 0.335 e. The van der Waals surface area contributed by atoms with Gasteiger partial charge in [-0.3, -0.25) is 5.10 Å². The number of nitrogens with zero attached hydrogens (tertiary/aromatic N) is 1. The first-order chi connectivity index (χ1) is 9.88. The summed E-state index contributed by atoms with van der Waals surface area (Å²) in [5, 5.41) is 21.0. The van der Waals surface area contributed by atoms with E-state index in [1.807, 2.05) is 0 Å². The summed E-state index contributed by atoms with van der Waals surface area (Å²) < 4.78 is 0. The number of urea groups is 1. The minimum atomic E-state index is -1.10. The molecule has 0 aliphatic heterocycles. The second kappa shape index (κ2) is 5.84. The van der Waals surface area contributed by atoms with Gasteiger partial charge in [0, 0.05) is 0 Å². The van der Waals surface area contributed by atoms with Gasteiger partial charge in [0.25, 0.3) is 0 Å². The average Bonchev–Trinajstić information content (AvgIpc) is 2.73. The molecule has 2 rings (SSSR count). The van der Waals surface area contributed by atoms with Gasteiger partial charge in [0.2, 0.25) is 0 Å². The third-order valence-corrected chi connectivity index (χ3v) is 3.16. The van der Waals surface area contributed by atoms with Crippen molar-refractivity contribution in [2.45, 2.75) is 13.8 Å². The molecule has 0 bridgehead atoms. The number of carboxylic acid groups (broad SMARTS) is 1. The van der Waals surface area contributed by atoms with Crippen molar-refractivity contribution in [3.8, 4) is 0 Å². The summed E-state index contributed by atoms with van der Waals surface area (Å²) in [4.78, 5) is 22.9. The lowest BCUT2D eigenvalue weighted by Gasteiger charge is -2.10. The number of amides is 2. The van der Waals surface area contributed by atoms with Crippen LogP contribution in [0.4, 0.5) is 16.2 Å². The van der Waals surface area contributed by atoms with Gasteiger partial charge in [-0.1, -0.05) is 11.6 Å². The summed E-state index contributed by atoms with van der Waals surface area (Å²) in [7, 11) is 0. The summed E-state index contributed by atoms with van der Waals surface area (Å²) >= 11 is 5.94. The third-order valence-electron chi connectivity index (χ3n) is 2.83. The third kappa shape index (κ3) is 3.32. The Balaban J connectivity index is 2.16. The molecule has 0 radical (unpaired) electrons. The number of aromatic carboxylic acids is 1. The zero-order chi connectivity index (χ0) is 15.6. The number of rotatable bonds is 3. The van der Waals surface area contributed by atoms with E-state index in [9.17, 15) is 9.59 Å². The minimum Gasteiger partial charge on any atom is -0.478 e. The van der Waals surface area contributed by atoms with Crippen molar-refractivity contribution in [3.05, 3.63) is 40.2 Å². The molecular formula is C13H13ClN4O3. The molecule has 21 heavy (non-hydrogen) atoms. The average molecular weight is 309 g/mol. The first-order valence-electron chi connectivity index (χ1n) is 6.01. The Morgan fingerprint density at radius 3 is 2.57 bits per heavy atom. The fraction of sp³-hybridized carbons (Fsp3) is 0.154. The predicted octanol–water partition coefficient (Wildman–Crippen LogP) is 3.02. The van der Waals surface area contributed by atoms with Crippen molar-refractivity contribution in [1.29, 1.82) is 0 Å². The van der Waals surface area contributed by atoms with Gasteiger partial charge in [-0.2, -0.15) is 5.10 Å². The molecule has 7 nitrogen and oxygen atoms in total. The monoisotopic (exact) mass is 308 g/mol. The molecule has 2 aromatic rings. The van der Waals surface area contributed by atoms with Crippen molar-refractivity contribution in [2.24, 2.45) is 0 Å². The molecule has 8 heteroatoms. The van der Waals surface area contributed by atoms with E-state index in [-0.39, 0.29) is 16.3 Å². The molecule has 4 N–H and O–H groups in total. The topological polar surface area (TPSA) is 107 Å². The number of aromatic nitrogens is 2. The molecule has 2 amide bonds. The SMILES string of the molecule is Cc1n[nH]c(C)c1NC(=O)Nc1cc(C(=O)O)ccc1Cl. The standard InChI is InChI=1S/C13H13ClN4O3/c1-6-11(7(2)18-17-6)16-13(21)15-10-5-8(12(19)20)3-4-9(10)14/h3-5H,1-2H3,(H,17,18)(H,19,20)(H2,15,16,21). The van der Waals surface area contributed by atoms with E-state index < -0.39 is 12.0 Å². The van der Waals surface area contributed by atoms with Crippen LogP contribution in [0.3, 0.4) is 0 Å². The maximum Gasteiger partial charge on any atom is 0.335 e. The molecule has 0 aliphatic carbocycles. The van der Waals surface area contributed by atoms with Crippen LogP contribution in [0, 0.1) is 13.8 Å². The molecule has 0 saturated carbocycles. The van der Waals surface area contributed by atoms with E-state index in [0.717, 1.165) is 0 Å². The Hall–Kier alpha value is -2.54. The van der Waals surface area contributed by atoms with Crippen LogP contribution >= 0.6 is 11.6 Å². The van der Waals surface area contributed by atoms with Crippen molar-refractivity contribution in [3.63, 3.8) is 0 Å². The number of anilines is 2. The number of hydrogen-bond donors (Lipinski definition) is 4. The van der Waals surface area contributed by atoms with Gasteiger partial charge < -0.3 is 15.7 Å². The van der Waals surface area contributed by atoms with Crippen LogP contribution in [0.1, 0.15) is 21.7 Å². The number of H-pyrrole nitrogens is 1. The number of carbonyl (C=O) groups is 2. The molecule has 0 atom stereocenters. The van der Waals surface area contributed by atoms with Gasteiger partial charge in [0.15, 0.2) is 0 Å². The maximum atomic E-state index is 11.9. The maximum absolute atomic E-state index is 11.9. The van der Waals surface area contributed by atoms with Crippen LogP contribution in [0.25, 0.3) is 0 Å². The first-order valence-corrected chi connectivity index (χ1v) is 6.38. The van der Waals surface area contributed by atoms with Gasteiger partial charge in [0.05, 0.1) is 33.3 Å². The lowest BCUT2D eigenvalue weighted by atomic mass is 10.2. The second-order valence-electron chi connectivity index (χ2n) is 4.39. The summed E-state index contributed by atoms with van der Waals surface area (Å²) in [5.41, 5.74) is 2.18. The number of benzene rings is 1. The number of aromatic amines is 1. The van der Waals surface area contributed by atoms with Crippen molar-refractivity contribution >= 4 is 35.0 Å². The number of carboxylic acids is 1. The van der Waals surface area contributed by atoms with Crippen molar-refractivity contribution in [1.82, 2.24) is 10.2 Å². The van der Waals surface area contributed by atoms with Crippen LogP contribution in [0.5, 0.6) is 0 Å². The van der Waals surface area contributed by atoms with Crippen LogP contribution < -0.4 is 10.6 Å². The molecule has 0 saturated heterocycles. The fourth-order valence-corrected chi connectivity index (χ4v) is 1.92. The highest BCUT2D eigenvalue weighted by atomic mass is 35.5. The molecule has 110 valence electrons. The molecule has 0 aliphatic rings. The van der Waals surface area contributed by atoms with E-state index in [1.54, 1.807) is 13.8 Å². The molecule has 1 heterocycles. The quantitative estimate of drug-likeness (QED) is 0.699. The highest BCUT2D eigenvalue weighted by Gasteiger charge is 2.13. The largest absolute Gasteiger partial charge is 0.478 e. The Bertz CT molecular complexity index is 692. The molecular weight excluding hydrogens is 296 g/mol. The Kier molecular flexibility index (Phi) is 4.13. The van der Waals surface area contributed by atoms with E-state index in [2.05, 4.69) is 20.8 Å². The number of halogens is 1. The predicted molar refractivity (Wildman–Crippen MR) is 79.1 cm³/mol. The number of aryl methyl sites for hydroxylation is 2.